The van der Waals surface area contributed by atoms with Gasteiger partial charge in [-0.05, 0) is 47.2 Å². The molecule has 1 saturated heterocycles. The number of carbonyl (C=O) groups is 1. The lowest BCUT2D eigenvalue weighted by Crippen LogP contribution is -2.66. The van der Waals surface area contributed by atoms with E-state index in [2.05, 4.69) is 6.58 Å². The normalized spacial score (nSPS) is 14.4. The Morgan fingerprint density at radius 3 is 2.26 bits per heavy atom. The molecule has 2 aromatic carbocycles. The van der Waals surface area contributed by atoms with E-state index in [-0.39, 0.29) is 64.8 Å². The Labute approximate surface area is 254 Å². The maximum atomic E-state index is 15.0. The largest absolute Gasteiger partial charge is 0.373 e. The van der Waals surface area contributed by atoms with Gasteiger partial charge in [-0.2, -0.15) is 0 Å². The Morgan fingerprint density at radius 2 is 1.70 bits per heavy atom. The average molecular weight is 605 g/mol. The summed E-state index contributed by atoms with van der Waals surface area (Å²) in [4.78, 5) is 46.8. The molecule has 2 aromatic heterocycles. The van der Waals surface area contributed by atoms with Crippen LogP contribution in [0, 0.1) is 5.82 Å². The van der Waals surface area contributed by atoms with E-state index in [9.17, 15) is 14.4 Å². The van der Waals surface area contributed by atoms with Crippen molar-refractivity contribution in [2.45, 2.75) is 51.7 Å². The van der Waals surface area contributed by atoms with E-state index in [1.54, 1.807) is 29.2 Å². The summed E-state index contributed by atoms with van der Waals surface area (Å²) in [5.74, 6) is -0.761. The minimum atomic E-state index is -0.927. The maximum absolute atomic E-state index is 15.0. The number of carbonyl (C=O) groups excluding carboxylic acids is 1. The number of fused-ring (bicyclic) bond motifs is 1. The standard InChI is InChI=1S/C33H34ClFN4O4/c1-7-27(40)37-16-33(17-37,43-6)18-38-26-15-24(34)28(23-11-8-9-14-25(23)35)36-30(26)39(32(42)31(38)41)29-21(19(2)3)12-10-13-22(29)20(4)5/h7-15,19-20H,1,16-18H2,2-6H3. The molecule has 0 spiro atoms. The first-order chi connectivity index (χ1) is 20.4. The number of para-hydroxylation sites is 1. The molecule has 1 amide bonds. The van der Waals surface area contributed by atoms with Crippen molar-refractivity contribution in [1.82, 2.24) is 19.0 Å². The van der Waals surface area contributed by atoms with Crippen molar-refractivity contribution in [2.24, 2.45) is 0 Å². The third kappa shape index (κ3) is 5.21. The minimum absolute atomic E-state index is 0.0107. The van der Waals surface area contributed by atoms with Gasteiger partial charge in [0.05, 0.1) is 41.6 Å². The molecule has 4 aromatic rings. The first kappa shape index (κ1) is 30.4. The monoisotopic (exact) mass is 604 g/mol. The number of rotatable bonds is 8. The number of halogens is 2. The van der Waals surface area contributed by atoms with E-state index in [1.165, 1.54) is 28.4 Å². The highest BCUT2D eigenvalue weighted by molar-refractivity contribution is 6.33. The fourth-order valence-corrected chi connectivity index (χ4v) is 5.99. The molecule has 224 valence electrons. The highest BCUT2D eigenvalue weighted by atomic mass is 35.5. The zero-order valence-electron chi connectivity index (χ0n) is 24.9. The first-order valence-electron chi connectivity index (χ1n) is 14.1. The van der Waals surface area contributed by atoms with Gasteiger partial charge in [0.15, 0.2) is 5.65 Å². The van der Waals surface area contributed by atoms with Gasteiger partial charge >= 0.3 is 11.1 Å². The molecule has 43 heavy (non-hydrogen) atoms. The van der Waals surface area contributed by atoms with Gasteiger partial charge in [-0.15, -0.1) is 0 Å². The second-order valence-electron chi connectivity index (χ2n) is 11.6. The molecule has 0 aliphatic carbocycles. The second kappa shape index (κ2) is 11.5. The number of benzene rings is 2. The van der Waals surface area contributed by atoms with Crippen LogP contribution in [0.2, 0.25) is 5.02 Å². The van der Waals surface area contributed by atoms with Crippen LogP contribution in [0.25, 0.3) is 28.1 Å². The fourth-order valence-electron chi connectivity index (χ4n) is 5.74. The van der Waals surface area contributed by atoms with Crippen molar-refractivity contribution in [3.63, 3.8) is 0 Å². The quantitative estimate of drug-likeness (QED) is 0.191. The SMILES string of the molecule is C=CC(=O)N1CC(Cn2c(=O)c(=O)n(-c3c(C(C)C)cccc3C(C)C)c3nc(-c4ccccc4F)c(Cl)cc32)(OC)C1. The van der Waals surface area contributed by atoms with Crippen LogP contribution >= 0.6 is 11.6 Å². The Bertz CT molecular complexity index is 1850. The minimum Gasteiger partial charge on any atom is -0.373 e. The van der Waals surface area contributed by atoms with Gasteiger partial charge in [-0.3, -0.25) is 23.5 Å². The summed E-state index contributed by atoms with van der Waals surface area (Å²) in [6.07, 6.45) is 1.22. The van der Waals surface area contributed by atoms with Crippen LogP contribution < -0.4 is 11.1 Å². The maximum Gasteiger partial charge on any atom is 0.322 e. The average Bonchev–Trinajstić information content (AvgIpc) is 2.96. The predicted molar refractivity (Wildman–Crippen MR) is 167 cm³/mol. The zero-order chi connectivity index (χ0) is 31.2. The van der Waals surface area contributed by atoms with Gasteiger partial charge in [0, 0.05) is 12.7 Å². The van der Waals surface area contributed by atoms with Crippen LogP contribution in [0.15, 0.2) is 70.8 Å². The van der Waals surface area contributed by atoms with Crippen LogP contribution in [-0.4, -0.2) is 50.7 Å². The van der Waals surface area contributed by atoms with Crippen LogP contribution in [0.1, 0.15) is 50.7 Å². The van der Waals surface area contributed by atoms with E-state index in [0.29, 0.717) is 5.69 Å². The van der Waals surface area contributed by atoms with E-state index < -0.39 is 22.5 Å². The number of pyridine rings is 1. The van der Waals surface area contributed by atoms with Gasteiger partial charge < -0.3 is 9.64 Å². The summed E-state index contributed by atoms with van der Waals surface area (Å²) in [6.45, 7) is 12.0. The lowest BCUT2D eigenvalue weighted by atomic mass is 9.92. The molecule has 10 heteroatoms. The molecule has 1 aliphatic heterocycles. The summed E-state index contributed by atoms with van der Waals surface area (Å²) >= 11 is 6.74. The Morgan fingerprint density at radius 1 is 1.07 bits per heavy atom. The number of aromatic nitrogens is 3. The Balaban J connectivity index is 1.87. The number of hydrogen-bond donors (Lipinski definition) is 0. The predicted octanol–water partition coefficient (Wildman–Crippen LogP) is 5.67. The zero-order valence-corrected chi connectivity index (χ0v) is 25.6. The lowest BCUT2D eigenvalue weighted by Gasteiger charge is -2.48. The van der Waals surface area contributed by atoms with E-state index in [4.69, 9.17) is 21.3 Å². The highest BCUT2D eigenvalue weighted by Crippen LogP contribution is 2.35. The van der Waals surface area contributed by atoms with Crippen molar-refractivity contribution in [1.29, 1.82) is 0 Å². The van der Waals surface area contributed by atoms with Crippen molar-refractivity contribution in [3.8, 4) is 16.9 Å². The van der Waals surface area contributed by atoms with Crippen LogP contribution in [-0.2, 0) is 16.1 Å². The summed E-state index contributed by atoms with van der Waals surface area (Å²) in [6, 6.07) is 13.5. The topological polar surface area (TPSA) is 86.4 Å². The molecule has 1 aliphatic rings. The van der Waals surface area contributed by atoms with Crippen LogP contribution in [0.5, 0.6) is 0 Å². The molecule has 1 fully saturated rings. The van der Waals surface area contributed by atoms with Gasteiger partial charge in [-0.1, -0.05) is 76.2 Å². The molecule has 0 unspecified atom stereocenters. The molecule has 0 N–H and O–H groups in total. The van der Waals surface area contributed by atoms with Gasteiger partial charge in [0.25, 0.3) is 0 Å². The van der Waals surface area contributed by atoms with Gasteiger partial charge in [0.1, 0.15) is 11.4 Å². The smallest absolute Gasteiger partial charge is 0.322 e. The Hall–Kier alpha value is -4.08. The van der Waals surface area contributed by atoms with E-state index in [1.807, 2.05) is 45.9 Å². The summed E-state index contributed by atoms with van der Waals surface area (Å²) in [5.41, 5.74) is 0.537. The molecule has 8 nitrogen and oxygen atoms in total. The van der Waals surface area contributed by atoms with Crippen LogP contribution in [0.4, 0.5) is 4.39 Å². The molecular formula is C33H34ClFN4O4. The Kier molecular flexibility index (Phi) is 8.15. The lowest BCUT2D eigenvalue weighted by molar-refractivity contribution is -0.160. The molecule has 0 atom stereocenters. The third-order valence-corrected chi connectivity index (χ3v) is 8.38. The van der Waals surface area contributed by atoms with Crippen molar-refractivity contribution < 1.29 is 13.9 Å². The number of ether oxygens (including phenoxy) is 1. The summed E-state index contributed by atoms with van der Waals surface area (Å²) in [7, 11) is 1.50. The van der Waals surface area contributed by atoms with Crippen molar-refractivity contribution in [2.75, 3.05) is 20.2 Å². The van der Waals surface area contributed by atoms with E-state index >= 15 is 4.39 Å². The second-order valence-corrected chi connectivity index (χ2v) is 12.0. The fraction of sp³-hybridized carbons (Fsp3) is 0.333. The molecule has 5 rings (SSSR count). The van der Waals surface area contributed by atoms with Crippen molar-refractivity contribution >= 4 is 28.7 Å². The molecule has 0 radical (unpaired) electrons. The molecular weight excluding hydrogens is 571 g/mol. The number of amides is 1. The number of likely N-dealkylation sites (tertiary alicyclic amines) is 1. The van der Waals surface area contributed by atoms with Gasteiger partial charge in [-0.25, -0.2) is 9.37 Å². The molecule has 3 heterocycles. The van der Waals surface area contributed by atoms with Crippen LogP contribution in [0.3, 0.4) is 0 Å². The number of hydrogen-bond acceptors (Lipinski definition) is 5. The summed E-state index contributed by atoms with van der Waals surface area (Å²) < 4.78 is 23.5. The summed E-state index contributed by atoms with van der Waals surface area (Å²) in [5, 5.41) is 0.112. The van der Waals surface area contributed by atoms with Crippen molar-refractivity contribution in [3.05, 3.63) is 104 Å². The number of nitrogens with zero attached hydrogens (tertiary/aromatic N) is 4. The van der Waals surface area contributed by atoms with Gasteiger partial charge in [0.2, 0.25) is 5.91 Å². The molecule has 0 saturated carbocycles. The number of methoxy groups -OCH3 is 1. The van der Waals surface area contributed by atoms with E-state index in [0.717, 1.165) is 11.1 Å². The third-order valence-electron chi connectivity index (χ3n) is 8.09. The first-order valence-corrected chi connectivity index (χ1v) is 14.5. The highest BCUT2D eigenvalue weighted by Gasteiger charge is 2.46. The molecule has 0 bridgehead atoms.